The van der Waals surface area contributed by atoms with E-state index in [0.29, 0.717) is 13.2 Å². The number of hydrogen-bond acceptors (Lipinski definition) is 4. The van der Waals surface area contributed by atoms with Crippen molar-refractivity contribution in [1.29, 1.82) is 0 Å². The molecule has 1 aromatic heterocycles. The Labute approximate surface area is 113 Å². The van der Waals surface area contributed by atoms with Crippen LogP contribution in [0.3, 0.4) is 0 Å². The van der Waals surface area contributed by atoms with Gasteiger partial charge in [0.15, 0.2) is 0 Å². The van der Waals surface area contributed by atoms with Crippen LogP contribution in [0, 0.1) is 0 Å². The van der Waals surface area contributed by atoms with Crippen LogP contribution in [0.1, 0.15) is 11.3 Å². The van der Waals surface area contributed by atoms with E-state index in [9.17, 15) is 0 Å². The highest BCUT2D eigenvalue weighted by Crippen LogP contribution is 2.12. The van der Waals surface area contributed by atoms with E-state index >= 15 is 0 Å². The second kappa shape index (κ2) is 6.75. The number of rotatable bonds is 6. The first-order valence-electron chi connectivity index (χ1n) is 6.16. The predicted octanol–water partition coefficient (Wildman–Crippen LogP) is 2.85. The van der Waals surface area contributed by atoms with Crippen LogP contribution in [0.4, 0.5) is 5.82 Å². The molecule has 0 saturated heterocycles. The number of benzene rings is 1. The second-order valence-corrected chi connectivity index (χ2v) is 4.11. The SMILES string of the molecule is CNc1cccc(COCc2ccc(OC)cc2)n1. The molecule has 0 aliphatic rings. The third-order valence-electron chi connectivity index (χ3n) is 2.74. The molecule has 0 saturated carbocycles. The van der Waals surface area contributed by atoms with E-state index in [-0.39, 0.29) is 0 Å². The number of nitrogens with one attached hydrogen (secondary N) is 1. The number of ether oxygens (including phenoxy) is 2. The van der Waals surface area contributed by atoms with Crippen LogP contribution in [-0.4, -0.2) is 19.1 Å². The van der Waals surface area contributed by atoms with E-state index in [2.05, 4.69) is 10.3 Å². The minimum Gasteiger partial charge on any atom is -0.497 e. The maximum Gasteiger partial charge on any atom is 0.126 e. The highest BCUT2D eigenvalue weighted by Gasteiger charge is 1.98. The fourth-order valence-electron chi connectivity index (χ4n) is 1.69. The van der Waals surface area contributed by atoms with Crippen LogP contribution in [0.5, 0.6) is 5.75 Å². The highest BCUT2D eigenvalue weighted by molar-refractivity contribution is 5.34. The van der Waals surface area contributed by atoms with Crippen molar-refractivity contribution in [1.82, 2.24) is 4.98 Å². The Kier molecular flexibility index (Phi) is 4.75. The molecule has 4 nitrogen and oxygen atoms in total. The van der Waals surface area contributed by atoms with Crippen molar-refractivity contribution < 1.29 is 9.47 Å². The topological polar surface area (TPSA) is 43.4 Å². The molecule has 0 unspecified atom stereocenters. The fourth-order valence-corrected chi connectivity index (χ4v) is 1.69. The van der Waals surface area contributed by atoms with Crippen LogP contribution >= 0.6 is 0 Å². The molecule has 0 aliphatic heterocycles. The number of hydrogen-bond donors (Lipinski definition) is 1. The number of aromatic nitrogens is 1. The number of methoxy groups -OCH3 is 1. The Morgan fingerprint density at radius 1 is 1.05 bits per heavy atom. The van der Waals surface area contributed by atoms with Crippen molar-refractivity contribution in [3.05, 3.63) is 53.7 Å². The summed E-state index contributed by atoms with van der Waals surface area (Å²) in [5.74, 6) is 1.71. The molecule has 0 aliphatic carbocycles. The quantitative estimate of drug-likeness (QED) is 0.865. The van der Waals surface area contributed by atoms with Crippen LogP contribution in [0.2, 0.25) is 0 Å². The van der Waals surface area contributed by atoms with Gasteiger partial charge >= 0.3 is 0 Å². The maximum atomic E-state index is 5.65. The zero-order chi connectivity index (χ0) is 13.5. The Morgan fingerprint density at radius 3 is 2.53 bits per heavy atom. The van der Waals surface area contributed by atoms with Gasteiger partial charge in [0.25, 0.3) is 0 Å². The molecule has 1 heterocycles. The lowest BCUT2D eigenvalue weighted by Crippen LogP contribution is -1.99. The molecule has 100 valence electrons. The van der Waals surface area contributed by atoms with Gasteiger partial charge in [-0.05, 0) is 29.8 Å². The average molecular weight is 258 g/mol. The Balaban J connectivity index is 1.85. The van der Waals surface area contributed by atoms with Gasteiger partial charge in [-0.3, -0.25) is 0 Å². The van der Waals surface area contributed by atoms with Gasteiger partial charge in [-0.2, -0.15) is 0 Å². The Hall–Kier alpha value is -2.07. The normalized spacial score (nSPS) is 10.2. The van der Waals surface area contributed by atoms with Crippen molar-refractivity contribution in [3.63, 3.8) is 0 Å². The summed E-state index contributed by atoms with van der Waals surface area (Å²) in [6, 6.07) is 13.7. The Bertz CT molecular complexity index is 512. The lowest BCUT2D eigenvalue weighted by Gasteiger charge is -2.06. The minimum absolute atomic E-state index is 0.502. The minimum atomic E-state index is 0.502. The van der Waals surface area contributed by atoms with Crippen molar-refractivity contribution >= 4 is 5.82 Å². The van der Waals surface area contributed by atoms with Crippen molar-refractivity contribution in [2.75, 3.05) is 19.5 Å². The first kappa shape index (κ1) is 13.4. The molecule has 0 fully saturated rings. The summed E-state index contributed by atoms with van der Waals surface area (Å²) in [5, 5.41) is 3.01. The molecule has 2 aromatic rings. The number of nitrogens with zero attached hydrogens (tertiary/aromatic N) is 1. The average Bonchev–Trinajstić information content (AvgIpc) is 2.48. The van der Waals surface area contributed by atoms with Gasteiger partial charge in [-0.1, -0.05) is 18.2 Å². The van der Waals surface area contributed by atoms with Gasteiger partial charge in [0.05, 0.1) is 26.0 Å². The van der Waals surface area contributed by atoms with Crippen molar-refractivity contribution in [3.8, 4) is 5.75 Å². The molecular weight excluding hydrogens is 240 g/mol. The number of pyridine rings is 1. The largest absolute Gasteiger partial charge is 0.497 e. The van der Waals surface area contributed by atoms with Gasteiger partial charge in [0, 0.05) is 7.05 Å². The maximum absolute atomic E-state index is 5.65. The predicted molar refractivity (Wildman–Crippen MR) is 75.3 cm³/mol. The number of anilines is 1. The molecule has 0 spiro atoms. The second-order valence-electron chi connectivity index (χ2n) is 4.11. The molecule has 19 heavy (non-hydrogen) atoms. The lowest BCUT2D eigenvalue weighted by atomic mass is 10.2. The van der Waals surface area contributed by atoms with Crippen molar-refractivity contribution in [2.24, 2.45) is 0 Å². The summed E-state index contributed by atoms with van der Waals surface area (Å²) in [6.45, 7) is 1.07. The van der Waals surface area contributed by atoms with Gasteiger partial charge in [0.2, 0.25) is 0 Å². The van der Waals surface area contributed by atoms with Crippen LogP contribution in [0.25, 0.3) is 0 Å². The third kappa shape index (κ3) is 3.96. The van der Waals surface area contributed by atoms with Gasteiger partial charge < -0.3 is 14.8 Å². The molecule has 0 amide bonds. The van der Waals surface area contributed by atoms with E-state index in [4.69, 9.17) is 9.47 Å². The summed E-state index contributed by atoms with van der Waals surface area (Å²) in [4.78, 5) is 4.39. The molecule has 1 N–H and O–H groups in total. The van der Waals surface area contributed by atoms with E-state index in [1.807, 2.05) is 49.5 Å². The molecule has 1 aromatic carbocycles. The van der Waals surface area contributed by atoms with E-state index in [0.717, 1.165) is 22.8 Å². The molecule has 0 atom stereocenters. The molecular formula is C15H18N2O2. The van der Waals surface area contributed by atoms with E-state index < -0.39 is 0 Å². The summed E-state index contributed by atoms with van der Waals surface area (Å²) < 4.78 is 10.8. The van der Waals surface area contributed by atoms with E-state index in [1.165, 1.54) is 0 Å². The lowest BCUT2D eigenvalue weighted by molar-refractivity contribution is 0.104. The van der Waals surface area contributed by atoms with Crippen LogP contribution in [-0.2, 0) is 18.0 Å². The van der Waals surface area contributed by atoms with Gasteiger partial charge in [-0.15, -0.1) is 0 Å². The molecule has 0 radical (unpaired) electrons. The fraction of sp³-hybridized carbons (Fsp3) is 0.267. The van der Waals surface area contributed by atoms with Gasteiger partial charge in [0.1, 0.15) is 11.6 Å². The zero-order valence-corrected chi connectivity index (χ0v) is 11.2. The summed E-state index contributed by atoms with van der Waals surface area (Å²) in [6.07, 6.45) is 0. The zero-order valence-electron chi connectivity index (χ0n) is 11.2. The summed E-state index contributed by atoms with van der Waals surface area (Å²) in [7, 11) is 3.51. The van der Waals surface area contributed by atoms with Crippen molar-refractivity contribution in [2.45, 2.75) is 13.2 Å². The highest BCUT2D eigenvalue weighted by atomic mass is 16.5. The standard InChI is InChI=1S/C15H18N2O2/c1-16-15-5-3-4-13(17-15)11-19-10-12-6-8-14(18-2)9-7-12/h3-9H,10-11H2,1-2H3,(H,16,17). The summed E-state index contributed by atoms with van der Waals surface area (Å²) in [5.41, 5.74) is 2.03. The summed E-state index contributed by atoms with van der Waals surface area (Å²) >= 11 is 0. The Morgan fingerprint density at radius 2 is 1.84 bits per heavy atom. The van der Waals surface area contributed by atoms with Crippen LogP contribution < -0.4 is 10.1 Å². The molecule has 2 rings (SSSR count). The van der Waals surface area contributed by atoms with Gasteiger partial charge in [-0.25, -0.2) is 4.98 Å². The molecule has 4 heteroatoms. The first-order valence-corrected chi connectivity index (χ1v) is 6.16. The molecule has 0 bridgehead atoms. The van der Waals surface area contributed by atoms with Crippen LogP contribution in [0.15, 0.2) is 42.5 Å². The monoisotopic (exact) mass is 258 g/mol. The smallest absolute Gasteiger partial charge is 0.126 e. The first-order chi connectivity index (χ1) is 9.31. The van der Waals surface area contributed by atoms with E-state index in [1.54, 1.807) is 7.11 Å². The third-order valence-corrected chi connectivity index (χ3v) is 2.74.